The summed E-state index contributed by atoms with van der Waals surface area (Å²) in [5.74, 6) is 1.68. The van der Waals surface area contributed by atoms with Crippen LogP contribution in [0.4, 0.5) is 0 Å². The van der Waals surface area contributed by atoms with Crippen LogP contribution in [0.2, 0.25) is 0 Å². The van der Waals surface area contributed by atoms with Crippen LogP contribution in [0.5, 0.6) is 5.75 Å². The maximum absolute atomic E-state index is 12.4. The van der Waals surface area contributed by atoms with Gasteiger partial charge in [0.2, 0.25) is 5.91 Å². The van der Waals surface area contributed by atoms with E-state index in [1.165, 1.54) is 5.56 Å². The summed E-state index contributed by atoms with van der Waals surface area (Å²) in [5.41, 5.74) is 1.24. The molecule has 0 aromatic heterocycles. The number of methoxy groups -OCH3 is 1. The molecule has 2 aliphatic heterocycles. The number of carbonyl (C=O) groups is 1. The number of amides is 1. The van der Waals surface area contributed by atoms with Crippen molar-refractivity contribution in [3.05, 3.63) is 41.7 Å². The molecule has 136 valence electrons. The second-order valence-corrected chi connectivity index (χ2v) is 6.77. The van der Waals surface area contributed by atoms with Gasteiger partial charge in [-0.2, -0.15) is 5.26 Å². The zero-order valence-corrected chi connectivity index (χ0v) is 15.0. The summed E-state index contributed by atoms with van der Waals surface area (Å²) in [4.78, 5) is 18.3. The highest BCUT2D eigenvalue weighted by Gasteiger charge is 2.28. The van der Waals surface area contributed by atoms with E-state index in [1.54, 1.807) is 12.0 Å². The van der Waals surface area contributed by atoms with Gasteiger partial charge in [0, 0.05) is 19.3 Å². The van der Waals surface area contributed by atoms with Gasteiger partial charge < -0.3 is 15.0 Å². The van der Waals surface area contributed by atoms with Gasteiger partial charge in [0.1, 0.15) is 11.6 Å². The summed E-state index contributed by atoms with van der Waals surface area (Å²) in [5, 5.41) is 11.8. The first-order valence-electron chi connectivity index (χ1n) is 9.00. The Hall–Kier alpha value is -2.81. The lowest BCUT2D eigenvalue weighted by atomic mass is 9.95. The van der Waals surface area contributed by atoms with Crippen molar-refractivity contribution in [3.8, 4) is 11.9 Å². The molecule has 1 saturated heterocycles. The highest BCUT2D eigenvalue weighted by Crippen LogP contribution is 2.22. The predicted molar refractivity (Wildman–Crippen MR) is 99.4 cm³/mol. The molecule has 2 aliphatic rings. The van der Waals surface area contributed by atoms with E-state index >= 15 is 0 Å². The van der Waals surface area contributed by atoms with Crippen LogP contribution < -0.4 is 10.1 Å². The van der Waals surface area contributed by atoms with Crippen molar-refractivity contribution < 1.29 is 9.53 Å². The Morgan fingerprint density at radius 2 is 2.38 bits per heavy atom. The first-order valence-corrected chi connectivity index (χ1v) is 9.00. The van der Waals surface area contributed by atoms with E-state index in [9.17, 15) is 4.79 Å². The molecule has 1 aromatic rings. The van der Waals surface area contributed by atoms with Crippen molar-refractivity contribution in [2.24, 2.45) is 16.8 Å². The Kier molecular flexibility index (Phi) is 5.90. The van der Waals surface area contributed by atoms with E-state index in [1.807, 2.05) is 18.3 Å². The molecule has 1 N–H and O–H groups in total. The van der Waals surface area contributed by atoms with Crippen LogP contribution in [0, 0.1) is 23.3 Å². The van der Waals surface area contributed by atoms with Crippen LogP contribution in [0.1, 0.15) is 24.8 Å². The Morgan fingerprint density at radius 3 is 3.15 bits per heavy atom. The minimum atomic E-state index is -0.136. The number of carbonyl (C=O) groups excluding carboxylic acids is 1. The number of aliphatic imine (C=N–C) groups is 1. The fourth-order valence-corrected chi connectivity index (χ4v) is 3.37. The summed E-state index contributed by atoms with van der Waals surface area (Å²) in [7, 11) is 1.68. The number of nitrogens with zero attached hydrogens (tertiary/aromatic N) is 3. The number of nitrogens with one attached hydrogen (secondary N) is 1. The predicted octanol–water partition coefficient (Wildman–Crippen LogP) is 2.48. The van der Waals surface area contributed by atoms with E-state index in [2.05, 4.69) is 34.7 Å². The fourth-order valence-electron chi connectivity index (χ4n) is 3.37. The molecule has 1 aromatic carbocycles. The van der Waals surface area contributed by atoms with Crippen LogP contribution >= 0.6 is 0 Å². The lowest BCUT2D eigenvalue weighted by Gasteiger charge is -2.18. The van der Waals surface area contributed by atoms with E-state index in [0.29, 0.717) is 24.8 Å². The lowest BCUT2D eigenvalue weighted by molar-refractivity contribution is -0.123. The number of hydrogen-bond donors (Lipinski definition) is 1. The molecule has 0 radical (unpaired) electrons. The Labute approximate surface area is 154 Å². The smallest absolute Gasteiger partial charge is 0.230 e. The normalized spacial score (nSPS) is 21.8. The summed E-state index contributed by atoms with van der Waals surface area (Å²) < 4.78 is 5.27. The Morgan fingerprint density at radius 1 is 1.50 bits per heavy atom. The molecule has 6 heteroatoms. The minimum Gasteiger partial charge on any atom is -0.497 e. The zero-order chi connectivity index (χ0) is 18.4. The second kappa shape index (κ2) is 8.52. The SMILES string of the molecule is COc1cccc(CCC2C=C(NC(=O)[C@H]3CCN(C#N)C3)N=CC2)c1. The summed E-state index contributed by atoms with van der Waals surface area (Å²) in [6.45, 7) is 1.15. The number of ether oxygens (including phenoxy) is 1. The molecule has 3 rings (SSSR count). The third-order valence-electron chi connectivity index (χ3n) is 4.92. The number of likely N-dealkylation sites (tertiary alicyclic amines) is 1. The molecule has 0 aliphatic carbocycles. The third kappa shape index (κ3) is 4.63. The van der Waals surface area contributed by atoms with Crippen LogP contribution in [-0.4, -0.2) is 37.2 Å². The molecule has 2 atom stereocenters. The molecule has 0 spiro atoms. The van der Waals surface area contributed by atoms with Crippen molar-refractivity contribution in [3.63, 3.8) is 0 Å². The van der Waals surface area contributed by atoms with Gasteiger partial charge in [-0.15, -0.1) is 0 Å². The highest BCUT2D eigenvalue weighted by atomic mass is 16.5. The summed E-state index contributed by atoms with van der Waals surface area (Å²) >= 11 is 0. The van der Waals surface area contributed by atoms with Gasteiger partial charge in [0.25, 0.3) is 0 Å². The summed E-state index contributed by atoms with van der Waals surface area (Å²) in [6, 6.07) is 8.11. The average Bonchev–Trinajstić information content (AvgIpc) is 3.16. The van der Waals surface area contributed by atoms with Gasteiger partial charge >= 0.3 is 0 Å². The van der Waals surface area contributed by atoms with Crippen molar-refractivity contribution in [1.82, 2.24) is 10.2 Å². The first kappa shape index (κ1) is 18.0. The van der Waals surface area contributed by atoms with Crippen molar-refractivity contribution >= 4 is 12.1 Å². The number of allylic oxidation sites excluding steroid dienone is 1. The molecule has 0 saturated carbocycles. The molecular weight excluding hydrogens is 328 g/mol. The van der Waals surface area contributed by atoms with Crippen LogP contribution in [0.25, 0.3) is 0 Å². The van der Waals surface area contributed by atoms with Crippen LogP contribution in [-0.2, 0) is 11.2 Å². The first-order chi connectivity index (χ1) is 12.7. The molecule has 26 heavy (non-hydrogen) atoms. The fraction of sp³-hybridized carbons (Fsp3) is 0.450. The third-order valence-corrected chi connectivity index (χ3v) is 4.92. The molecule has 6 nitrogen and oxygen atoms in total. The Balaban J connectivity index is 1.52. The summed E-state index contributed by atoms with van der Waals surface area (Å²) in [6.07, 6.45) is 9.57. The molecule has 1 unspecified atom stereocenters. The number of rotatable bonds is 6. The topological polar surface area (TPSA) is 77.7 Å². The molecular formula is C20H24N4O2. The maximum Gasteiger partial charge on any atom is 0.230 e. The largest absolute Gasteiger partial charge is 0.497 e. The van der Waals surface area contributed by atoms with Crippen molar-refractivity contribution in [2.45, 2.75) is 25.7 Å². The molecule has 1 fully saturated rings. The van der Waals surface area contributed by atoms with Gasteiger partial charge in [0.05, 0.1) is 13.0 Å². The van der Waals surface area contributed by atoms with Crippen molar-refractivity contribution in [2.75, 3.05) is 20.2 Å². The lowest BCUT2D eigenvalue weighted by Crippen LogP contribution is -2.32. The molecule has 2 heterocycles. The van der Waals surface area contributed by atoms with Gasteiger partial charge in [-0.1, -0.05) is 12.1 Å². The number of hydrogen-bond acceptors (Lipinski definition) is 5. The monoisotopic (exact) mass is 352 g/mol. The van der Waals surface area contributed by atoms with E-state index in [-0.39, 0.29) is 11.8 Å². The standard InChI is InChI=1S/C20H24N4O2/c1-26-18-4-2-3-15(11-18)5-6-16-7-9-22-19(12-16)23-20(25)17-8-10-24(13-17)14-21/h2-4,9,11-12,16-17H,5-8,10,13H2,1H3,(H,23,25)/t16?,17-/m0/s1. The van der Waals surface area contributed by atoms with E-state index in [4.69, 9.17) is 10.00 Å². The molecule has 0 bridgehead atoms. The van der Waals surface area contributed by atoms with Crippen molar-refractivity contribution in [1.29, 1.82) is 5.26 Å². The molecule has 1 amide bonds. The number of aryl methyl sites for hydroxylation is 1. The zero-order valence-electron chi connectivity index (χ0n) is 15.0. The van der Waals surface area contributed by atoms with Gasteiger partial charge in [0.15, 0.2) is 6.19 Å². The number of benzene rings is 1. The minimum absolute atomic E-state index is 0.0420. The van der Waals surface area contributed by atoms with Crippen LogP contribution in [0.15, 0.2) is 41.2 Å². The quantitative estimate of drug-likeness (QED) is 0.798. The Bertz CT molecular complexity index is 750. The maximum atomic E-state index is 12.4. The van der Waals surface area contributed by atoms with E-state index in [0.717, 1.165) is 31.4 Å². The average molecular weight is 352 g/mol. The van der Waals surface area contributed by atoms with Gasteiger partial charge in [-0.25, -0.2) is 4.99 Å². The van der Waals surface area contributed by atoms with E-state index < -0.39 is 0 Å². The number of nitriles is 1. The van der Waals surface area contributed by atoms with Gasteiger partial charge in [-0.05, 0) is 55.4 Å². The van der Waals surface area contributed by atoms with Crippen LogP contribution in [0.3, 0.4) is 0 Å². The second-order valence-electron chi connectivity index (χ2n) is 6.77. The van der Waals surface area contributed by atoms with Gasteiger partial charge in [-0.3, -0.25) is 4.79 Å². The highest BCUT2D eigenvalue weighted by molar-refractivity contribution is 5.81.